The molecule has 0 bridgehead atoms. The first-order chi connectivity index (χ1) is 11.5. The maximum Gasteiger partial charge on any atom is 0.270 e. The molecule has 0 atom stereocenters. The van der Waals surface area contributed by atoms with E-state index >= 15 is 0 Å². The van der Waals surface area contributed by atoms with Gasteiger partial charge in [-0.25, -0.2) is 4.68 Å². The zero-order valence-electron chi connectivity index (χ0n) is 13.1. The van der Waals surface area contributed by atoms with Crippen LogP contribution in [0.4, 0.5) is 5.82 Å². The fourth-order valence-electron chi connectivity index (χ4n) is 2.30. The lowest BCUT2D eigenvalue weighted by molar-refractivity contribution is 0.358. The Morgan fingerprint density at radius 1 is 1.25 bits per heavy atom. The minimum Gasteiger partial charge on any atom is -0.382 e. The van der Waals surface area contributed by atoms with Gasteiger partial charge < -0.3 is 10.3 Å². The molecule has 3 rings (SSSR count). The Bertz CT molecular complexity index is 902. The van der Waals surface area contributed by atoms with E-state index in [1.807, 2.05) is 24.3 Å². The number of aryl methyl sites for hydroxylation is 3. The van der Waals surface area contributed by atoms with E-state index in [-0.39, 0.29) is 17.9 Å². The van der Waals surface area contributed by atoms with E-state index in [4.69, 9.17) is 21.9 Å². The predicted molar refractivity (Wildman–Crippen MR) is 89.9 cm³/mol. The molecule has 124 valence electrons. The summed E-state index contributed by atoms with van der Waals surface area (Å²) in [5.41, 5.74) is 7.08. The van der Waals surface area contributed by atoms with Crippen molar-refractivity contribution in [3.8, 4) is 0 Å². The van der Waals surface area contributed by atoms with Crippen molar-refractivity contribution in [2.45, 2.75) is 26.3 Å². The number of anilines is 1. The van der Waals surface area contributed by atoms with E-state index in [1.54, 1.807) is 6.92 Å². The van der Waals surface area contributed by atoms with Crippen molar-refractivity contribution in [3.05, 3.63) is 68.6 Å². The smallest absolute Gasteiger partial charge is 0.270 e. The molecule has 0 aliphatic rings. The summed E-state index contributed by atoms with van der Waals surface area (Å²) < 4.78 is 6.41. The van der Waals surface area contributed by atoms with Gasteiger partial charge in [0.2, 0.25) is 5.89 Å². The first kappa shape index (κ1) is 16.2. The molecule has 7 nitrogen and oxygen atoms in total. The first-order valence-electron chi connectivity index (χ1n) is 7.41. The van der Waals surface area contributed by atoms with Crippen LogP contribution in [0, 0.1) is 6.92 Å². The lowest BCUT2D eigenvalue weighted by Gasteiger charge is -2.03. The maximum atomic E-state index is 12.0. The van der Waals surface area contributed by atoms with E-state index in [1.165, 1.54) is 10.7 Å². The minimum absolute atomic E-state index is 0.0959. The topological polar surface area (TPSA) is 99.8 Å². The summed E-state index contributed by atoms with van der Waals surface area (Å²) in [6.07, 6.45) is 1.40. The third kappa shape index (κ3) is 3.80. The van der Waals surface area contributed by atoms with Gasteiger partial charge in [0, 0.05) is 17.0 Å². The Labute approximate surface area is 143 Å². The van der Waals surface area contributed by atoms with Crippen LogP contribution in [0.2, 0.25) is 5.02 Å². The van der Waals surface area contributed by atoms with Crippen LogP contribution in [0.3, 0.4) is 0 Å². The molecule has 0 fully saturated rings. The van der Waals surface area contributed by atoms with Crippen LogP contribution in [-0.4, -0.2) is 19.9 Å². The first-order valence-corrected chi connectivity index (χ1v) is 7.79. The number of halogens is 1. The summed E-state index contributed by atoms with van der Waals surface area (Å²) in [7, 11) is 0. The molecule has 1 aromatic carbocycles. The Kier molecular flexibility index (Phi) is 4.61. The van der Waals surface area contributed by atoms with Crippen molar-refractivity contribution >= 4 is 17.4 Å². The minimum atomic E-state index is -0.231. The van der Waals surface area contributed by atoms with Crippen molar-refractivity contribution in [1.29, 1.82) is 0 Å². The zero-order valence-corrected chi connectivity index (χ0v) is 13.8. The molecule has 0 amide bonds. The molecule has 0 unspecified atom stereocenters. The number of rotatable bonds is 5. The molecule has 0 saturated carbocycles. The van der Waals surface area contributed by atoms with Gasteiger partial charge in [0.05, 0.1) is 0 Å². The number of hydrogen-bond donors (Lipinski definition) is 1. The fourth-order valence-corrected chi connectivity index (χ4v) is 2.43. The number of aromatic nitrogens is 4. The van der Waals surface area contributed by atoms with Gasteiger partial charge in [0.25, 0.3) is 5.56 Å². The number of nitrogens with two attached hydrogens (primary N) is 1. The summed E-state index contributed by atoms with van der Waals surface area (Å²) in [5.74, 6) is 1.17. The van der Waals surface area contributed by atoms with Crippen molar-refractivity contribution in [1.82, 2.24) is 19.9 Å². The van der Waals surface area contributed by atoms with Crippen LogP contribution in [0.5, 0.6) is 0 Å². The second kappa shape index (κ2) is 6.84. The van der Waals surface area contributed by atoms with Crippen LogP contribution in [0.1, 0.15) is 22.8 Å². The monoisotopic (exact) mass is 345 g/mol. The Balaban J connectivity index is 1.67. The molecule has 0 spiro atoms. The van der Waals surface area contributed by atoms with Crippen molar-refractivity contribution in [3.63, 3.8) is 0 Å². The van der Waals surface area contributed by atoms with Crippen molar-refractivity contribution in [2.24, 2.45) is 0 Å². The van der Waals surface area contributed by atoms with Crippen LogP contribution in [0.25, 0.3) is 0 Å². The van der Waals surface area contributed by atoms with Gasteiger partial charge in [0.1, 0.15) is 12.4 Å². The van der Waals surface area contributed by atoms with Gasteiger partial charge in [0.15, 0.2) is 5.82 Å². The molecular formula is C16H16ClN5O2. The molecule has 2 N–H and O–H groups in total. The molecule has 8 heteroatoms. The molecule has 2 aromatic heterocycles. The summed E-state index contributed by atoms with van der Waals surface area (Å²) in [5, 5.41) is 8.62. The summed E-state index contributed by atoms with van der Waals surface area (Å²) >= 11 is 5.86. The zero-order chi connectivity index (χ0) is 17.1. The van der Waals surface area contributed by atoms with Gasteiger partial charge in [-0.05, 0) is 37.1 Å². The van der Waals surface area contributed by atoms with E-state index in [0.717, 1.165) is 12.0 Å². The predicted octanol–water partition coefficient (Wildman–Crippen LogP) is 2.00. The highest BCUT2D eigenvalue weighted by Gasteiger charge is 2.10. The summed E-state index contributed by atoms with van der Waals surface area (Å²) in [6, 6.07) is 9.15. The Morgan fingerprint density at radius 3 is 2.75 bits per heavy atom. The highest BCUT2D eigenvalue weighted by Crippen LogP contribution is 2.11. The molecule has 0 aliphatic carbocycles. The molecule has 0 aliphatic heterocycles. The van der Waals surface area contributed by atoms with Crippen LogP contribution < -0.4 is 11.3 Å². The molecular weight excluding hydrogens is 330 g/mol. The van der Waals surface area contributed by atoms with E-state index < -0.39 is 0 Å². The van der Waals surface area contributed by atoms with Crippen LogP contribution >= 0.6 is 11.6 Å². The summed E-state index contributed by atoms with van der Waals surface area (Å²) in [4.78, 5) is 16.3. The second-order valence-electron chi connectivity index (χ2n) is 5.45. The molecule has 2 heterocycles. The van der Waals surface area contributed by atoms with E-state index in [2.05, 4.69) is 15.2 Å². The van der Waals surface area contributed by atoms with Gasteiger partial charge in [-0.2, -0.15) is 10.1 Å². The molecule has 0 saturated heterocycles. The Morgan fingerprint density at radius 2 is 2.00 bits per heavy atom. The van der Waals surface area contributed by atoms with Crippen LogP contribution in [0.15, 0.2) is 39.6 Å². The normalized spacial score (nSPS) is 10.9. The fraction of sp³-hybridized carbons (Fsp3) is 0.250. The highest BCUT2D eigenvalue weighted by atomic mass is 35.5. The number of benzene rings is 1. The molecule has 24 heavy (non-hydrogen) atoms. The molecule has 3 aromatic rings. The third-order valence-electron chi connectivity index (χ3n) is 3.52. The SMILES string of the molecule is Cc1cc(N)nn(Cc2nc(CCc3ccc(Cl)cc3)no2)c1=O. The van der Waals surface area contributed by atoms with Gasteiger partial charge in [-0.1, -0.05) is 28.9 Å². The highest BCUT2D eigenvalue weighted by molar-refractivity contribution is 6.30. The average Bonchev–Trinajstić information content (AvgIpc) is 2.99. The molecule has 0 radical (unpaired) electrons. The van der Waals surface area contributed by atoms with Crippen molar-refractivity contribution < 1.29 is 4.52 Å². The van der Waals surface area contributed by atoms with Gasteiger partial charge in [-0.3, -0.25) is 4.79 Å². The van der Waals surface area contributed by atoms with Gasteiger partial charge >= 0.3 is 0 Å². The van der Waals surface area contributed by atoms with Crippen molar-refractivity contribution in [2.75, 3.05) is 5.73 Å². The standard InChI is InChI=1S/C16H16ClN5O2/c1-10-8-13(18)20-22(16(10)23)9-15-19-14(21-24-15)7-4-11-2-5-12(17)6-3-11/h2-3,5-6,8H,4,7,9H2,1H3,(H2,18,20). The third-order valence-corrected chi connectivity index (χ3v) is 3.77. The number of hydrogen-bond acceptors (Lipinski definition) is 6. The van der Waals surface area contributed by atoms with Gasteiger partial charge in [-0.15, -0.1) is 0 Å². The number of nitrogens with zero attached hydrogens (tertiary/aromatic N) is 4. The van der Waals surface area contributed by atoms with Crippen LogP contribution in [-0.2, 0) is 19.4 Å². The number of nitrogen functional groups attached to an aromatic ring is 1. The van der Waals surface area contributed by atoms with E-state index in [0.29, 0.717) is 28.7 Å². The maximum absolute atomic E-state index is 12.0. The summed E-state index contributed by atoms with van der Waals surface area (Å²) in [6.45, 7) is 1.78. The van der Waals surface area contributed by atoms with E-state index in [9.17, 15) is 4.79 Å². The lowest BCUT2D eigenvalue weighted by Crippen LogP contribution is -2.26. The average molecular weight is 346 g/mol. The quantitative estimate of drug-likeness (QED) is 0.759. The second-order valence-corrected chi connectivity index (χ2v) is 5.88. The Hall–Kier alpha value is -2.67. The largest absolute Gasteiger partial charge is 0.382 e. The lowest BCUT2D eigenvalue weighted by atomic mass is 10.1.